The molecule has 4 nitrogen and oxygen atoms in total. The monoisotopic (exact) mass is 288 g/mol. The Labute approximate surface area is 126 Å². The highest BCUT2D eigenvalue weighted by Gasteiger charge is 2.51. The molecule has 0 radical (unpaired) electrons. The van der Waals surface area contributed by atoms with Crippen molar-refractivity contribution in [3.63, 3.8) is 0 Å². The summed E-state index contributed by atoms with van der Waals surface area (Å²) in [5.41, 5.74) is 3.65. The molecule has 2 atom stereocenters. The molecule has 1 aliphatic heterocycles. The standard InChI is InChI=1S/C18H12N2O2/c21-19-14-9-1-2-10-15(14)20(22)18-13-8-4-6-11-5-3-7-12(16(11)13)17(18)19/h1-10,16-17H. The summed E-state index contributed by atoms with van der Waals surface area (Å²) in [4.78, 5) is 0. The minimum atomic E-state index is -0.525. The molecular formula is C18H12N2O2. The van der Waals surface area contributed by atoms with Gasteiger partial charge in [-0.2, -0.15) is 9.48 Å². The van der Waals surface area contributed by atoms with Gasteiger partial charge in [0.05, 0.1) is 0 Å². The van der Waals surface area contributed by atoms with Gasteiger partial charge in [-0.05, 0) is 5.57 Å². The second kappa shape index (κ2) is 3.85. The fraction of sp³-hybridized carbons (Fsp3) is 0.111. The van der Waals surface area contributed by atoms with Crippen LogP contribution in [-0.2, 0) is 0 Å². The SMILES string of the molecule is [O-][N+]1=c2ccccc2=[N+]([O-])C2C3=CC=CC4=CC=CC(=C21)C43. The molecule has 0 saturated heterocycles. The van der Waals surface area contributed by atoms with E-state index in [1.54, 1.807) is 24.3 Å². The topological polar surface area (TPSA) is 52.1 Å². The van der Waals surface area contributed by atoms with E-state index in [-0.39, 0.29) is 5.92 Å². The lowest BCUT2D eigenvalue weighted by molar-refractivity contribution is 0.565. The van der Waals surface area contributed by atoms with Gasteiger partial charge in [-0.3, -0.25) is 0 Å². The Bertz CT molecular complexity index is 1010. The first-order chi connectivity index (χ1) is 10.8. The van der Waals surface area contributed by atoms with E-state index in [4.69, 9.17) is 0 Å². The number of para-hydroxylation sites is 2. The first-order valence-corrected chi connectivity index (χ1v) is 7.30. The average Bonchev–Trinajstić information content (AvgIpc) is 2.90. The number of rotatable bonds is 0. The van der Waals surface area contributed by atoms with Crippen molar-refractivity contribution in [1.82, 2.24) is 9.48 Å². The third kappa shape index (κ3) is 1.23. The molecule has 0 N–H and O–H groups in total. The van der Waals surface area contributed by atoms with Gasteiger partial charge < -0.3 is 10.4 Å². The van der Waals surface area contributed by atoms with Crippen molar-refractivity contribution in [3.8, 4) is 0 Å². The Kier molecular flexibility index (Phi) is 2.06. The summed E-state index contributed by atoms with van der Waals surface area (Å²) in [6.45, 7) is 0. The largest absolute Gasteiger partial charge is 0.622 e. The van der Waals surface area contributed by atoms with E-state index in [2.05, 4.69) is 0 Å². The van der Waals surface area contributed by atoms with Crippen LogP contribution in [-0.4, -0.2) is 6.04 Å². The van der Waals surface area contributed by atoms with Crippen molar-refractivity contribution in [1.29, 1.82) is 0 Å². The second-order valence-corrected chi connectivity index (χ2v) is 5.84. The number of hydrogen-bond donors (Lipinski definition) is 0. The quantitative estimate of drug-likeness (QED) is 0.526. The molecule has 0 saturated carbocycles. The summed E-state index contributed by atoms with van der Waals surface area (Å²) >= 11 is 0. The van der Waals surface area contributed by atoms with E-state index in [9.17, 15) is 10.4 Å². The van der Waals surface area contributed by atoms with Gasteiger partial charge in [0.1, 0.15) is 0 Å². The van der Waals surface area contributed by atoms with Gasteiger partial charge in [0.2, 0.25) is 0 Å². The molecule has 0 spiro atoms. The lowest BCUT2D eigenvalue weighted by Gasteiger charge is -2.22. The Morgan fingerprint density at radius 2 is 1.68 bits per heavy atom. The van der Waals surface area contributed by atoms with Gasteiger partial charge in [0.15, 0.2) is 0 Å². The Hall–Kier alpha value is -2.88. The lowest BCUT2D eigenvalue weighted by Crippen LogP contribution is -2.54. The maximum absolute atomic E-state index is 12.9. The molecule has 106 valence electrons. The highest BCUT2D eigenvalue weighted by Crippen LogP contribution is 2.46. The molecule has 0 bridgehead atoms. The first kappa shape index (κ1) is 11.7. The number of nitrogens with zero attached hydrogens (tertiary/aromatic N) is 2. The molecule has 3 aliphatic carbocycles. The van der Waals surface area contributed by atoms with Crippen LogP contribution in [0.15, 0.2) is 83.1 Å². The summed E-state index contributed by atoms with van der Waals surface area (Å²) < 4.78 is 1.93. The third-order valence-electron chi connectivity index (χ3n) is 4.78. The van der Waals surface area contributed by atoms with Crippen LogP contribution in [0.2, 0.25) is 0 Å². The molecule has 2 unspecified atom stereocenters. The Morgan fingerprint density at radius 1 is 0.909 bits per heavy atom. The number of hydroxylamine groups is 2. The maximum Gasteiger partial charge on any atom is 0.289 e. The van der Waals surface area contributed by atoms with Gasteiger partial charge in [-0.1, -0.05) is 48.6 Å². The summed E-state index contributed by atoms with van der Waals surface area (Å²) in [5, 5.41) is 26.6. The van der Waals surface area contributed by atoms with Crippen LogP contribution >= 0.6 is 0 Å². The van der Waals surface area contributed by atoms with Crippen LogP contribution in [0.5, 0.6) is 0 Å². The fourth-order valence-electron chi connectivity index (χ4n) is 3.89. The molecule has 1 heterocycles. The third-order valence-corrected chi connectivity index (χ3v) is 4.78. The lowest BCUT2D eigenvalue weighted by atomic mass is 9.82. The number of benzene rings is 1. The van der Waals surface area contributed by atoms with Crippen molar-refractivity contribution >= 4 is 0 Å². The number of allylic oxidation sites excluding steroid dienone is 8. The van der Waals surface area contributed by atoms with E-state index in [1.165, 1.54) is 0 Å². The summed E-state index contributed by atoms with van der Waals surface area (Å²) in [6, 6.07) is 6.47. The van der Waals surface area contributed by atoms with E-state index >= 15 is 0 Å². The van der Waals surface area contributed by atoms with Gasteiger partial charge >= 0.3 is 0 Å². The molecule has 1 aromatic rings. The zero-order chi connectivity index (χ0) is 14.8. The second-order valence-electron chi connectivity index (χ2n) is 5.84. The highest BCUT2D eigenvalue weighted by molar-refractivity contribution is 5.62. The normalized spacial score (nSPS) is 27.3. The molecule has 0 aromatic heterocycles. The zero-order valence-electron chi connectivity index (χ0n) is 11.6. The molecule has 0 fully saturated rings. The van der Waals surface area contributed by atoms with Crippen LogP contribution in [0.25, 0.3) is 0 Å². The highest BCUT2D eigenvalue weighted by atomic mass is 16.5. The van der Waals surface area contributed by atoms with Gasteiger partial charge in [0, 0.05) is 29.2 Å². The minimum Gasteiger partial charge on any atom is -0.622 e. The van der Waals surface area contributed by atoms with Crippen LogP contribution in [0, 0.1) is 16.3 Å². The van der Waals surface area contributed by atoms with E-state index < -0.39 is 6.04 Å². The van der Waals surface area contributed by atoms with Crippen molar-refractivity contribution in [2.24, 2.45) is 5.92 Å². The number of fused-ring (bicyclic) bond motifs is 3. The molecular weight excluding hydrogens is 276 g/mol. The predicted octanol–water partition coefficient (Wildman–Crippen LogP) is 0.923. The number of hydrogen-bond acceptors (Lipinski definition) is 2. The summed E-state index contributed by atoms with van der Waals surface area (Å²) in [6.07, 6.45) is 11.9. The van der Waals surface area contributed by atoms with Crippen molar-refractivity contribution < 1.29 is 0 Å². The van der Waals surface area contributed by atoms with E-state index in [1.807, 2.05) is 36.5 Å². The molecule has 22 heavy (non-hydrogen) atoms. The Balaban J connectivity index is 1.95. The van der Waals surface area contributed by atoms with Crippen molar-refractivity contribution in [3.05, 3.63) is 104 Å². The van der Waals surface area contributed by atoms with E-state index in [0.717, 1.165) is 26.2 Å². The predicted molar refractivity (Wildman–Crippen MR) is 83.7 cm³/mol. The molecule has 4 aliphatic rings. The van der Waals surface area contributed by atoms with Crippen LogP contribution < -0.4 is 20.2 Å². The smallest absolute Gasteiger partial charge is 0.289 e. The maximum atomic E-state index is 12.9. The minimum absolute atomic E-state index is 0.0391. The Morgan fingerprint density at radius 3 is 2.55 bits per heavy atom. The van der Waals surface area contributed by atoms with E-state index in [0.29, 0.717) is 16.4 Å². The molecule has 5 rings (SSSR count). The van der Waals surface area contributed by atoms with Gasteiger partial charge in [0.25, 0.3) is 22.5 Å². The van der Waals surface area contributed by atoms with Gasteiger partial charge in [-0.15, -0.1) is 0 Å². The van der Waals surface area contributed by atoms with Gasteiger partial charge in [-0.25, -0.2) is 0 Å². The van der Waals surface area contributed by atoms with Crippen LogP contribution in [0.4, 0.5) is 0 Å². The molecule has 0 amide bonds. The molecule has 1 aromatic carbocycles. The van der Waals surface area contributed by atoms with Crippen molar-refractivity contribution in [2.75, 3.05) is 0 Å². The molecule has 4 heteroatoms. The summed E-state index contributed by atoms with van der Waals surface area (Å²) in [5.74, 6) is 0.0391. The zero-order valence-corrected chi connectivity index (χ0v) is 11.6. The van der Waals surface area contributed by atoms with Crippen LogP contribution in [0.1, 0.15) is 0 Å². The fourth-order valence-corrected chi connectivity index (χ4v) is 3.89. The first-order valence-electron chi connectivity index (χ1n) is 7.30. The summed E-state index contributed by atoms with van der Waals surface area (Å²) in [7, 11) is 0. The average molecular weight is 288 g/mol. The van der Waals surface area contributed by atoms with Crippen molar-refractivity contribution in [2.45, 2.75) is 6.04 Å². The van der Waals surface area contributed by atoms with Crippen LogP contribution in [0.3, 0.4) is 0 Å².